The van der Waals surface area contributed by atoms with E-state index in [9.17, 15) is 4.79 Å². The minimum atomic E-state index is -0.525. The van der Waals surface area contributed by atoms with Crippen LogP contribution in [0, 0.1) is 19.8 Å². The fraction of sp³-hybridized carbons (Fsp3) is 0.722. The van der Waals surface area contributed by atoms with Gasteiger partial charge in [0.25, 0.3) is 0 Å². The Kier molecular flexibility index (Phi) is 7.92. The van der Waals surface area contributed by atoms with Gasteiger partial charge >= 0.3 is 6.09 Å². The molecule has 1 amide bonds. The number of hydrogen-bond acceptors (Lipinski definition) is 5. The molecule has 8 heteroatoms. The van der Waals surface area contributed by atoms with Crippen molar-refractivity contribution in [2.45, 2.75) is 66.7 Å². The van der Waals surface area contributed by atoms with Crippen LogP contribution in [0.4, 0.5) is 4.79 Å². The van der Waals surface area contributed by atoms with E-state index in [0.717, 1.165) is 11.5 Å². The predicted octanol–water partition coefficient (Wildman–Crippen LogP) is 2.51. The Balaban J connectivity index is 2.53. The number of aryl methyl sites for hydroxylation is 2. The fourth-order valence-electron chi connectivity index (χ4n) is 2.11. The van der Waals surface area contributed by atoms with E-state index in [4.69, 9.17) is 9.15 Å². The molecule has 0 radical (unpaired) electrons. The van der Waals surface area contributed by atoms with Crippen LogP contribution >= 0.6 is 0 Å². The molecule has 1 unspecified atom stereocenters. The second-order valence-electron chi connectivity index (χ2n) is 7.55. The largest absolute Gasteiger partial charge is 0.444 e. The van der Waals surface area contributed by atoms with Crippen LogP contribution in [-0.2, 0) is 11.3 Å². The normalized spacial score (nSPS) is 13.5. The summed E-state index contributed by atoms with van der Waals surface area (Å²) in [7, 11) is 1.69. The number of aliphatic imine (C=N–C) groups is 1. The summed E-state index contributed by atoms with van der Waals surface area (Å²) in [5, 5.41) is 9.26. The maximum atomic E-state index is 12.0. The van der Waals surface area contributed by atoms with Gasteiger partial charge in [0.15, 0.2) is 5.96 Å². The van der Waals surface area contributed by atoms with Crippen LogP contribution < -0.4 is 16.0 Å². The summed E-state index contributed by atoms with van der Waals surface area (Å²) in [5.41, 5.74) is 0.356. The van der Waals surface area contributed by atoms with Gasteiger partial charge in [0.1, 0.15) is 11.4 Å². The number of ether oxygens (including phenoxy) is 1. The molecule has 0 saturated carbocycles. The summed E-state index contributed by atoms with van der Waals surface area (Å²) in [6.07, 6.45) is -0.424. The maximum absolute atomic E-state index is 12.0. The molecule has 0 fully saturated rings. The molecule has 0 aliphatic heterocycles. The summed E-state index contributed by atoms with van der Waals surface area (Å²) in [4.78, 5) is 20.5. The van der Waals surface area contributed by atoms with Crippen molar-refractivity contribution in [2.75, 3.05) is 13.6 Å². The smallest absolute Gasteiger partial charge is 0.407 e. The summed E-state index contributed by atoms with van der Waals surface area (Å²) in [5.74, 6) is 2.25. The number of amides is 1. The molecule has 3 N–H and O–H groups in total. The van der Waals surface area contributed by atoms with Crippen molar-refractivity contribution >= 4 is 12.1 Å². The third-order valence-electron chi connectivity index (χ3n) is 3.70. The van der Waals surface area contributed by atoms with Gasteiger partial charge in [-0.15, -0.1) is 0 Å². The molecule has 0 aromatic carbocycles. The molecule has 1 aromatic heterocycles. The van der Waals surface area contributed by atoms with Gasteiger partial charge in [0, 0.05) is 13.6 Å². The lowest BCUT2D eigenvalue weighted by Gasteiger charge is -2.26. The molecule has 1 aromatic rings. The average molecular weight is 367 g/mol. The van der Waals surface area contributed by atoms with Crippen LogP contribution in [0.25, 0.3) is 0 Å². The van der Waals surface area contributed by atoms with E-state index in [0.29, 0.717) is 24.9 Å². The number of nitrogens with one attached hydrogen (secondary N) is 3. The van der Waals surface area contributed by atoms with Gasteiger partial charge in [0.2, 0.25) is 5.89 Å². The van der Waals surface area contributed by atoms with Crippen molar-refractivity contribution in [2.24, 2.45) is 10.9 Å². The van der Waals surface area contributed by atoms with Crippen LogP contribution in [-0.4, -0.2) is 42.3 Å². The standard InChI is InChI=1S/C18H33N5O3/c1-11(2)14(23-17(24)26-18(5,6)7)9-20-16(19-8)21-10-15-22-12(3)13(4)25-15/h11,14H,9-10H2,1-8H3,(H,23,24)(H2,19,20,21). The molecule has 0 aliphatic carbocycles. The van der Waals surface area contributed by atoms with Gasteiger partial charge in [0.05, 0.1) is 18.3 Å². The zero-order valence-electron chi connectivity index (χ0n) is 17.2. The molecule has 0 bridgehead atoms. The van der Waals surface area contributed by atoms with Crippen LogP contribution in [0.3, 0.4) is 0 Å². The van der Waals surface area contributed by atoms with Crippen LogP contribution in [0.15, 0.2) is 9.41 Å². The molecular weight excluding hydrogens is 334 g/mol. The van der Waals surface area contributed by atoms with Crippen molar-refractivity contribution in [1.82, 2.24) is 20.9 Å². The molecule has 0 spiro atoms. The van der Waals surface area contributed by atoms with Crippen molar-refractivity contribution in [1.29, 1.82) is 0 Å². The Morgan fingerprint density at radius 2 is 1.92 bits per heavy atom. The highest BCUT2D eigenvalue weighted by Gasteiger charge is 2.21. The molecular formula is C18H33N5O3. The number of guanidine groups is 1. The number of rotatable bonds is 6. The van der Waals surface area contributed by atoms with Crippen molar-refractivity contribution in [3.63, 3.8) is 0 Å². The van der Waals surface area contributed by atoms with E-state index >= 15 is 0 Å². The minimum absolute atomic E-state index is 0.102. The van der Waals surface area contributed by atoms with Crippen molar-refractivity contribution in [3.8, 4) is 0 Å². The second-order valence-corrected chi connectivity index (χ2v) is 7.55. The monoisotopic (exact) mass is 367 g/mol. The number of hydrogen-bond donors (Lipinski definition) is 3. The van der Waals surface area contributed by atoms with Crippen LogP contribution in [0.5, 0.6) is 0 Å². The number of carbonyl (C=O) groups excluding carboxylic acids is 1. The summed E-state index contributed by atoms with van der Waals surface area (Å²) in [6.45, 7) is 14.3. The second kappa shape index (κ2) is 9.45. The van der Waals surface area contributed by atoms with Crippen molar-refractivity contribution in [3.05, 3.63) is 17.3 Å². The fourth-order valence-corrected chi connectivity index (χ4v) is 2.11. The van der Waals surface area contributed by atoms with Crippen LogP contribution in [0.2, 0.25) is 0 Å². The molecule has 0 aliphatic rings. The Morgan fingerprint density at radius 1 is 1.27 bits per heavy atom. The number of oxazole rings is 1. The predicted molar refractivity (Wildman–Crippen MR) is 102 cm³/mol. The highest BCUT2D eigenvalue weighted by Crippen LogP contribution is 2.09. The molecule has 148 valence electrons. The van der Waals surface area contributed by atoms with Gasteiger partial charge in [-0.05, 0) is 40.5 Å². The van der Waals surface area contributed by atoms with Gasteiger partial charge in [-0.2, -0.15) is 0 Å². The van der Waals surface area contributed by atoms with E-state index in [-0.39, 0.29) is 12.0 Å². The molecule has 1 atom stereocenters. The summed E-state index contributed by atoms with van der Waals surface area (Å²) < 4.78 is 10.9. The maximum Gasteiger partial charge on any atom is 0.407 e. The van der Waals surface area contributed by atoms with Gasteiger partial charge in [-0.1, -0.05) is 13.8 Å². The van der Waals surface area contributed by atoms with E-state index in [1.807, 2.05) is 48.5 Å². The third-order valence-corrected chi connectivity index (χ3v) is 3.70. The zero-order valence-corrected chi connectivity index (χ0v) is 17.2. The molecule has 1 rings (SSSR count). The number of aromatic nitrogens is 1. The molecule has 8 nitrogen and oxygen atoms in total. The van der Waals surface area contributed by atoms with Crippen LogP contribution in [0.1, 0.15) is 52.0 Å². The summed E-state index contributed by atoms with van der Waals surface area (Å²) in [6, 6.07) is -0.102. The lowest BCUT2D eigenvalue weighted by Crippen LogP contribution is -2.50. The summed E-state index contributed by atoms with van der Waals surface area (Å²) >= 11 is 0. The van der Waals surface area contributed by atoms with Gasteiger partial charge < -0.3 is 25.1 Å². The lowest BCUT2D eigenvalue weighted by molar-refractivity contribution is 0.0491. The Bertz CT molecular complexity index is 597. The van der Waals surface area contributed by atoms with E-state index in [1.165, 1.54) is 0 Å². The number of carbonyl (C=O) groups is 1. The first-order chi connectivity index (χ1) is 12.0. The zero-order chi connectivity index (χ0) is 19.9. The first-order valence-corrected chi connectivity index (χ1v) is 8.88. The van der Waals surface area contributed by atoms with E-state index in [2.05, 4.69) is 25.9 Å². The molecule has 0 saturated heterocycles. The first-order valence-electron chi connectivity index (χ1n) is 8.88. The Hall–Kier alpha value is -2.25. The van der Waals surface area contributed by atoms with E-state index < -0.39 is 11.7 Å². The first kappa shape index (κ1) is 21.8. The minimum Gasteiger partial charge on any atom is -0.444 e. The highest BCUT2D eigenvalue weighted by molar-refractivity contribution is 5.79. The van der Waals surface area contributed by atoms with E-state index in [1.54, 1.807) is 7.05 Å². The number of nitrogens with zero attached hydrogens (tertiary/aromatic N) is 2. The third kappa shape index (κ3) is 7.76. The van der Waals surface area contributed by atoms with Gasteiger partial charge in [-0.25, -0.2) is 9.78 Å². The Morgan fingerprint density at radius 3 is 2.38 bits per heavy atom. The molecule has 1 heterocycles. The van der Waals surface area contributed by atoms with Crippen molar-refractivity contribution < 1.29 is 13.9 Å². The molecule has 26 heavy (non-hydrogen) atoms. The Labute approximate surface area is 156 Å². The average Bonchev–Trinajstić information content (AvgIpc) is 2.82. The number of alkyl carbamates (subject to hydrolysis) is 1. The lowest BCUT2D eigenvalue weighted by atomic mass is 10.0. The quantitative estimate of drug-likeness (QED) is 0.528. The topological polar surface area (TPSA) is 101 Å². The highest BCUT2D eigenvalue weighted by atomic mass is 16.6. The SMILES string of the molecule is CN=C(NCc1nc(C)c(C)o1)NCC(NC(=O)OC(C)(C)C)C(C)C. The van der Waals surface area contributed by atoms with Gasteiger partial charge in [-0.3, -0.25) is 4.99 Å².